The van der Waals surface area contributed by atoms with Crippen molar-refractivity contribution in [3.05, 3.63) is 12.2 Å². The van der Waals surface area contributed by atoms with Crippen molar-refractivity contribution in [3.8, 4) is 0 Å². The minimum atomic E-state index is 0.154. The molecule has 2 rings (SSSR count). The molecule has 1 N–H and O–H groups in total. The Labute approximate surface area is 103 Å². The zero-order valence-electron chi connectivity index (χ0n) is 11.5. The van der Waals surface area contributed by atoms with Crippen molar-refractivity contribution >= 4 is 0 Å². The molecular formula is C12H23N5. The molecule has 0 spiro atoms. The monoisotopic (exact) mass is 237 g/mol. The van der Waals surface area contributed by atoms with E-state index in [4.69, 9.17) is 0 Å². The molecule has 0 amide bonds. The lowest BCUT2D eigenvalue weighted by Crippen LogP contribution is -2.65. The van der Waals surface area contributed by atoms with E-state index in [2.05, 4.69) is 48.0 Å². The van der Waals surface area contributed by atoms with Gasteiger partial charge >= 0.3 is 0 Å². The first-order valence-corrected chi connectivity index (χ1v) is 6.13. The molecule has 5 nitrogen and oxygen atoms in total. The Morgan fingerprint density at radius 2 is 2.06 bits per heavy atom. The van der Waals surface area contributed by atoms with Crippen LogP contribution >= 0.6 is 0 Å². The van der Waals surface area contributed by atoms with Crippen LogP contribution in [0, 0.1) is 0 Å². The summed E-state index contributed by atoms with van der Waals surface area (Å²) in [5.74, 6) is 1.02. The van der Waals surface area contributed by atoms with E-state index in [-0.39, 0.29) is 11.1 Å². The minimum absolute atomic E-state index is 0.154. The van der Waals surface area contributed by atoms with E-state index in [9.17, 15) is 0 Å². The molecule has 1 aliphatic heterocycles. The van der Waals surface area contributed by atoms with E-state index in [1.54, 1.807) is 6.33 Å². The lowest BCUT2D eigenvalue weighted by atomic mass is 9.91. The molecule has 2 heterocycles. The molecule has 0 atom stereocenters. The molecule has 1 saturated heterocycles. The highest BCUT2D eigenvalue weighted by Gasteiger charge is 2.37. The highest BCUT2D eigenvalue weighted by molar-refractivity contribution is 4.99. The van der Waals surface area contributed by atoms with Gasteiger partial charge in [-0.15, -0.1) is 0 Å². The van der Waals surface area contributed by atoms with Crippen LogP contribution in [-0.2, 0) is 13.6 Å². The second kappa shape index (κ2) is 4.07. The van der Waals surface area contributed by atoms with E-state index >= 15 is 0 Å². The normalized spacial score (nSPS) is 23.8. The zero-order chi connectivity index (χ0) is 12.7. The van der Waals surface area contributed by atoms with E-state index in [0.29, 0.717) is 0 Å². The number of aryl methyl sites for hydroxylation is 1. The summed E-state index contributed by atoms with van der Waals surface area (Å²) in [6.07, 6.45) is 1.62. The van der Waals surface area contributed by atoms with Crippen LogP contribution < -0.4 is 5.32 Å². The summed E-state index contributed by atoms with van der Waals surface area (Å²) >= 11 is 0. The van der Waals surface area contributed by atoms with Crippen molar-refractivity contribution in [1.29, 1.82) is 0 Å². The van der Waals surface area contributed by atoms with Gasteiger partial charge in [-0.3, -0.25) is 9.58 Å². The lowest BCUT2D eigenvalue weighted by Gasteiger charge is -2.49. The molecule has 0 radical (unpaired) electrons. The standard InChI is InChI=1S/C12H23N5/c1-11(2)8-17(12(3,4)7-14-11)6-10-13-9-15-16(10)5/h9,14H,6-8H2,1-5H3. The second-order valence-electron chi connectivity index (χ2n) is 6.21. The highest BCUT2D eigenvalue weighted by Crippen LogP contribution is 2.24. The number of piperazine rings is 1. The van der Waals surface area contributed by atoms with Gasteiger partial charge in [-0.25, -0.2) is 4.98 Å². The molecule has 17 heavy (non-hydrogen) atoms. The van der Waals surface area contributed by atoms with Crippen molar-refractivity contribution in [2.24, 2.45) is 7.05 Å². The molecule has 5 heteroatoms. The molecule has 0 aliphatic carbocycles. The van der Waals surface area contributed by atoms with Gasteiger partial charge < -0.3 is 5.32 Å². The molecule has 0 unspecified atom stereocenters. The molecule has 0 aromatic carbocycles. The second-order valence-corrected chi connectivity index (χ2v) is 6.21. The van der Waals surface area contributed by atoms with Gasteiger partial charge in [0.15, 0.2) is 0 Å². The zero-order valence-corrected chi connectivity index (χ0v) is 11.5. The smallest absolute Gasteiger partial charge is 0.140 e. The summed E-state index contributed by atoms with van der Waals surface area (Å²) < 4.78 is 1.85. The number of hydrogen-bond acceptors (Lipinski definition) is 4. The van der Waals surface area contributed by atoms with E-state index in [0.717, 1.165) is 25.5 Å². The third kappa shape index (κ3) is 2.66. The predicted molar refractivity (Wildman–Crippen MR) is 67.6 cm³/mol. The average molecular weight is 237 g/mol. The predicted octanol–water partition coefficient (Wildman–Crippen LogP) is 0.777. The summed E-state index contributed by atoms with van der Waals surface area (Å²) in [7, 11) is 1.95. The van der Waals surface area contributed by atoms with Crippen molar-refractivity contribution in [3.63, 3.8) is 0 Å². The van der Waals surface area contributed by atoms with Gasteiger partial charge in [0.05, 0.1) is 6.54 Å². The molecule has 1 fully saturated rings. The maximum Gasteiger partial charge on any atom is 0.140 e. The molecule has 96 valence electrons. The molecule has 1 aromatic heterocycles. The first kappa shape index (κ1) is 12.5. The molecule has 1 aliphatic rings. The first-order chi connectivity index (χ1) is 7.80. The Morgan fingerprint density at radius 3 is 2.65 bits per heavy atom. The first-order valence-electron chi connectivity index (χ1n) is 6.13. The fraction of sp³-hybridized carbons (Fsp3) is 0.833. The van der Waals surface area contributed by atoms with E-state index in [1.807, 2.05) is 11.7 Å². The number of nitrogens with zero attached hydrogens (tertiary/aromatic N) is 4. The number of nitrogens with one attached hydrogen (secondary N) is 1. The number of aromatic nitrogens is 3. The Balaban J connectivity index is 2.15. The quantitative estimate of drug-likeness (QED) is 0.825. The van der Waals surface area contributed by atoms with E-state index < -0.39 is 0 Å². The van der Waals surface area contributed by atoms with Gasteiger partial charge in [0.25, 0.3) is 0 Å². The maximum atomic E-state index is 4.31. The van der Waals surface area contributed by atoms with Gasteiger partial charge in [0.1, 0.15) is 12.2 Å². The third-order valence-corrected chi connectivity index (χ3v) is 3.58. The minimum Gasteiger partial charge on any atom is -0.309 e. The van der Waals surface area contributed by atoms with Gasteiger partial charge in [-0.05, 0) is 27.7 Å². The topological polar surface area (TPSA) is 46.0 Å². The molecule has 0 saturated carbocycles. The summed E-state index contributed by atoms with van der Waals surface area (Å²) in [6.45, 7) is 11.9. The van der Waals surface area contributed by atoms with Crippen LogP contribution in [0.5, 0.6) is 0 Å². The van der Waals surface area contributed by atoms with Crippen LogP contribution in [-0.4, -0.2) is 43.8 Å². The van der Waals surface area contributed by atoms with Crippen LogP contribution in [0.15, 0.2) is 6.33 Å². The Kier molecular flexibility index (Phi) is 2.99. The number of hydrogen-bond donors (Lipinski definition) is 1. The number of rotatable bonds is 2. The average Bonchev–Trinajstić information content (AvgIpc) is 2.59. The van der Waals surface area contributed by atoms with Crippen LogP contribution in [0.4, 0.5) is 0 Å². The summed E-state index contributed by atoms with van der Waals surface area (Å²) in [6, 6.07) is 0. The van der Waals surface area contributed by atoms with Gasteiger partial charge in [-0.1, -0.05) is 0 Å². The Bertz CT molecular complexity index is 393. The molecule has 0 bridgehead atoms. The van der Waals surface area contributed by atoms with Gasteiger partial charge in [-0.2, -0.15) is 5.10 Å². The van der Waals surface area contributed by atoms with Crippen LogP contribution in [0.1, 0.15) is 33.5 Å². The van der Waals surface area contributed by atoms with Crippen LogP contribution in [0.2, 0.25) is 0 Å². The Hall–Kier alpha value is -0.940. The van der Waals surface area contributed by atoms with Crippen molar-refractivity contribution in [1.82, 2.24) is 25.0 Å². The maximum absolute atomic E-state index is 4.31. The lowest BCUT2D eigenvalue weighted by molar-refractivity contribution is 0.0294. The van der Waals surface area contributed by atoms with Gasteiger partial charge in [0.2, 0.25) is 0 Å². The fourth-order valence-electron chi connectivity index (χ4n) is 2.22. The Morgan fingerprint density at radius 1 is 1.35 bits per heavy atom. The summed E-state index contributed by atoms with van der Waals surface area (Å²) in [5.41, 5.74) is 0.315. The van der Waals surface area contributed by atoms with E-state index in [1.165, 1.54) is 0 Å². The largest absolute Gasteiger partial charge is 0.309 e. The van der Waals surface area contributed by atoms with Crippen LogP contribution in [0.25, 0.3) is 0 Å². The van der Waals surface area contributed by atoms with Crippen LogP contribution in [0.3, 0.4) is 0 Å². The fourth-order valence-corrected chi connectivity index (χ4v) is 2.22. The SMILES string of the molecule is Cn1ncnc1CN1CC(C)(C)NCC1(C)C. The van der Waals surface area contributed by atoms with Crippen molar-refractivity contribution in [2.75, 3.05) is 13.1 Å². The van der Waals surface area contributed by atoms with Crippen molar-refractivity contribution < 1.29 is 0 Å². The molecule has 1 aromatic rings. The molecular weight excluding hydrogens is 214 g/mol. The third-order valence-electron chi connectivity index (χ3n) is 3.58. The summed E-state index contributed by atoms with van der Waals surface area (Å²) in [4.78, 5) is 6.79. The van der Waals surface area contributed by atoms with Crippen molar-refractivity contribution in [2.45, 2.75) is 45.3 Å². The van der Waals surface area contributed by atoms with Gasteiger partial charge in [0, 0.05) is 31.2 Å². The summed E-state index contributed by atoms with van der Waals surface area (Å²) in [5, 5.41) is 7.72. The highest BCUT2D eigenvalue weighted by atomic mass is 15.4.